The number of rotatable bonds is 9. The first-order valence-corrected chi connectivity index (χ1v) is 8.57. The van der Waals surface area contributed by atoms with Gasteiger partial charge in [-0.2, -0.15) is 5.10 Å². The summed E-state index contributed by atoms with van der Waals surface area (Å²) in [7, 11) is 1.58. The molecule has 0 aliphatic carbocycles. The first kappa shape index (κ1) is 19.9. The fourth-order valence-electron chi connectivity index (χ4n) is 2.45. The fourth-order valence-corrected chi connectivity index (χ4v) is 2.45. The van der Waals surface area contributed by atoms with Crippen LogP contribution in [0.4, 0.5) is 5.69 Å². The van der Waals surface area contributed by atoms with E-state index in [4.69, 9.17) is 9.47 Å². The molecule has 0 saturated heterocycles. The molecule has 0 aliphatic rings. The minimum absolute atomic E-state index is 0.160. The maximum Gasteiger partial charge on any atom is 0.295 e. The molecule has 0 aliphatic heterocycles. The molecule has 0 unspecified atom stereocenters. The molecule has 11 heteroatoms. The normalized spacial score (nSPS) is 10.5. The first-order valence-electron chi connectivity index (χ1n) is 8.57. The molecule has 1 aromatic carbocycles. The van der Waals surface area contributed by atoms with Gasteiger partial charge in [0.2, 0.25) is 5.88 Å². The van der Waals surface area contributed by atoms with Crippen molar-refractivity contribution < 1.29 is 19.2 Å². The fraction of sp³-hybridized carbons (Fsp3) is 0.222. The molecule has 1 amide bonds. The lowest BCUT2D eigenvalue weighted by Crippen LogP contribution is -2.23. The molecule has 0 saturated carbocycles. The number of nitrogens with one attached hydrogen (secondary N) is 1. The van der Waals surface area contributed by atoms with E-state index in [9.17, 15) is 14.9 Å². The number of pyridine rings is 1. The van der Waals surface area contributed by atoms with Crippen LogP contribution in [0.3, 0.4) is 0 Å². The van der Waals surface area contributed by atoms with E-state index in [-0.39, 0.29) is 23.5 Å². The number of nitro benzene ring substituents is 1. The van der Waals surface area contributed by atoms with Crippen LogP contribution >= 0.6 is 0 Å². The lowest BCUT2D eigenvalue weighted by atomic mass is 10.1. The van der Waals surface area contributed by atoms with Gasteiger partial charge in [-0.25, -0.2) is 14.6 Å². The Morgan fingerprint density at radius 2 is 2.14 bits per heavy atom. The number of aromatic nitrogens is 4. The van der Waals surface area contributed by atoms with Crippen molar-refractivity contribution >= 4 is 11.6 Å². The van der Waals surface area contributed by atoms with E-state index >= 15 is 0 Å². The van der Waals surface area contributed by atoms with Crippen LogP contribution in [0.25, 0.3) is 5.69 Å². The van der Waals surface area contributed by atoms with Crippen molar-refractivity contribution in [2.24, 2.45) is 0 Å². The van der Waals surface area contributed by atoms with Gasteiger partial charge < -0.3 is 14.8 Å². The highest BCUT2D eigenvalue weighted by atomic mass is 16.6. The van der Waals surface area contributed by atoms with Crippen molar-refractivity contribution in [3.8, 4) is 11.6 Å². The molecule has 11 nitrogen and oxygen atoms in total. The minimum atomic E-state index is -0.569. The Kier molecular flexibility index (Phi) is 6.43. The summed E-state index contributed by atoms with van der Waals surface area (Å²) >= 11 is 0. The molecule has 3 aromatic rings. The highest BCUT2D eigenvalue weighted by Crippen LogP contribution is 2.23. The van der Waals surface area contributed by atoms with Crippen molar-refractivity contribution in [1.29, 1.82) is 0 Å². The SMILES string of the molecule is COCCOc1ccc(CNC(=O)c2ccc(-n3cncn3)c([N+](=O)[O-])c2)cn1. The number of hydrogen-bond acceptors (Lipinski definition) is 8. The molecular weight excluding hydrogens is 380 g/mol. The van der Waals surface area contributed by atoms with Crippen LogP contribution in [0, 0.1) is 10.1 Å². The van der Waals surface area contributed by atoms with Gasteiger partial charge in [0.05, 0.1) is 11.5 Å². The van der Waals surface area contributed by atoms with Crippen LogP contribution in [0.5, 0.6) is 5.88 Å². The lowest BCUT2D eigenvalue weighted by molar-refractivity contribution is -0.384. The zero-order valence-electron chi connectivity index (χ0n) is 15.5. The molecule has 0 atom stereocenters. The quantitative estimate of drug-likeness (QED) is 0.326. The second kappa shape index (κ2) is 9.37. The Balaban J connectivity index is 1.65. The van der Waals surface area contributed by atoms with Crippen LogP contribution < -0.4 is 10.1 Å². The third kappa shape index (κ3) is 5.11. The highest BCUT2D eigenvalue weighted by Gasteiger charge is 2.19. The van der Waals surface area contributed by atoms with Gasteiger partial charge in [0.15, 0.2) is 0 Å². The number of nitrogens with zero attached hydrogens (tertiary/aromatic N) is 5. The van der Waals surface area contributed by atoms with Crippen LogP contribution in [0.1, 0.15) is 15.9 Å². The molecule has 0 bridgehead atoms. The molecule has 150 valence electrons. The topological polar surface area (TPSA) is 134 Å². The monoisotopic (exact) mass is 398 g/mol. The number of hydrogen-bond donors (Lipinski definition) is 1. The van der Waals surface area contributed by atoms with Crippen molar-refractivity contribution in [1.82, 2.24) is 25.1 Å². The van der Waals surface area contributed by atoms with E-state index in [1.807, 2.05) is 0 Å². The zero-order chi connectivity index (χ0) is 20.6. The molecule has 1 N–H and O–H groups in total. The predicted molar refractivity (Wildman–Crippen MR) is 101 cm³/mol. The zero-order valence-corrected chi connectivity index (χ0v) is 15.5. The molecular formula is C18H18N6O5. The number of amides is 1. The van der Waals surface area contributed by atoms with Gasteiger partial charge in [0, 0.05) is 37.5 Å². The van der Waals surface area contributed by atoms with Gasteiger partial charge in [-0.05, 0) is 17.7 Å². The minimum Gasteiger partial charge on any atom is -0.475 e. The Morgan fingerprint density at radius 1 is 1.28 bits per heavy atom. The Labute approximate surface area is 165 Å². The van der Waals surface area contributed by atoms with E-state index < -0.39 is 10.8 Å². The van der Waals surface area contributed by atoms with Crippen LogP contribution in [0.2, 0.25) is 0 Å². The summed E-state index contributed by atoms with van der Waals surface area (Å²) in [6.07, 6.45) is 4.20. The van der Waals surface area contributed by atoms with E-state index in [2.05, 4.69) is 20.4 Å². The molecule has 0 fully saturated rings. The first-order chi connectivity index (χ1) is 14.1. The standard InChI is InChI=1S/C18H18N6O5/c1-28-6-7-29-17-5-2-13(9-20-17)10-21-18(25)14-3-4-15(16(8-14)24(26)27)23-12-19-11-22-23/h2-5,8-9,11-12H,6-7,10H2,1H3,(H,21,25). The third-order valence-corrected chi connectivity index (χ3v) is 3.89. The number of ether oxygens (including phenoxy) is 2. The molecule has 0 spiro atoms. The Morgan fingerprint density at radius 3 is 2.79 bits per heavy atom. The number of carbonyl (C=O) groups excluding carboxylic acids is 1. The number of methoxy groups -OCH3 is 1. The molecule has 3 rings (SSSR count). The summed E-state index contributed by atoms with van der Waals surface area (Å²) in [5.41, 5.74) is 0.888. The number of carbonyl (C=O) groups is 1. The second-order valence-corrected chi connectivity index (χ2v) is 5.83. The average Bonchev–Trinajstić information content (AvgIpc) is 3.27. The number of nitro groups is 1. The summed E-state index contributed by atoms with van der Waals surface area (Å²) in [6, 6.07) is 7.61. The van der Waals surface area contributed by atoms with Gasteiger partial charge in [-0.1, -0.05) is 6.07 Å². The van der Waals surface area contributed by atoms with E-state index in [0.717, 1.165) is 5.56 Å². The summed E-state index contributed by atoms with van der Waals surface area (Å²) in [6.45, 7) is 1.06. The van der Waals surface area contributed by atoms with Gasteiger partial charge in [-0.15, -0.1) is 0 Å². The second-order valence-electron chi connectivity index (χ2n) is 5.83. The molecule has 2 aromatic heterocycles. The van der Waals surface area contributed by atoms with Crippen LogP contribution in [0.15, 0.2) is 49.2 Å². The highest BCUT2D eigenvalue weighted by molar-refractivity contribution is 5.95. The van der Waals surface area contributed by atoms with Crippen molar-refractivity contribution in [3.63, 3.8) is 0 Å². The summed E-state index contributed by atoms with van der Waals surface area (Å²) in [5, 5.41) is 18.0. The molecule has 29 heavy (non-hydrogen) atoms. The van der Waals surface area contributed by atoms with Gasteiger partial charge in [0.1, 0.15) is 24.9 Å². The lowest BCUT2D eigenvalue weighted by Gasteiger charge is -2.08. The van der Waals surface area contributed by atoms with Crippen molar-refractivity contribution in [3.05, 3.63) is 70.4 Å². The molecule has 0 radical (unpaired) electrons. The Bertz CT molecular complexity index is 975. The van der Waals surface area contributed by atoms with Gasteiger partial charge in [0.25, 0.3) is 11.6 Å². The largest absolute Gasteiger partial charge is 0.475 e. The summed E-state index contributed by atoms with van der Waals surface area (Å²) in [5.74, 6) is 0.00936. The van der Waals surface area contributed by atoms with Crippen molar-refractivity contribution in [2.45, 2.75) is 6.54 Å². The van der Waals surface area contributed by atoms with E-state index in [0.29, 0.717) is 19.1 Å². The number of benzene rings is 1. The van der Waals surface area contributed by atoms with Crippen molar-refractivity contribution in [2.75, 3.05) is 20.3 Å². The van der Waals surface area contributed by atoms with Gasteiger partial charge >= 0.3 is 0 Å². The van der Waals surface area contributed by atoms with E-state index in [1.165, 1.54) is 35.5 Å². The average molecular weight is 398 g/mol. The smallest absolute Gasteiger partial charge is 0.295 e. The maximum atomic E-state index is 12.4. The van der Waals surface area contributed by atoms with E-state index in [1.54, 1.807) is 25.4 Å². The van der Waals surface area contributed by atoms with Crippen LogP contribution in [-0.2, 0) is 11.3 Å². The third-order valence-electron chi connectivity index (χ3n) is 3.89. The molecule has 2 heterocycles. The summed E-state index contributed by atoms with van der Waals surface area (Å²) < 4.78 is 11.5. The Hall–Kier alpha value is -3.86. The summed E-state index contributed by atoms with van der Waals surface area (Å²) in [4.78, 5) is 31.1. The maximum absolute atomic E-state index is 12.4. The predicted octanol–water partition coefficient (Wildman–Crippen LogP) is 1.53. The van der Waals surface area contributed by atoms with Gasteiger partial charge in [-0.3, -0.25) is 14.9 Å². The van der Waals surface area contributed by atoms with Crippen LogP contribution in [-0.4, -0.2) is 50.9 Å².